The summed E-state index contributed by atoms with van der Waals surface area (Å²) in [6.07, 6.45) is 3.50. The van der Waals surface area contributed by atoms with Crippen LogP contribution in [-0.4, -0.2) is 55.9 Å². The molecule has 6 heteroatoms. The van der Waals surface area contributed by atoms with Gasteiger partial charge in [0.25, 0.3) is 0 Å². The van der Waals surface area contributed by atoms with Crippen LogP contribution in [0.25, 0.3) is 0 Å². The van der Waals surface area contributed by atoms with Gasteiger partial charge in [0.1, 0.15) is 0 Å². The first-order chi connectivity index (χ1) is 15.0. The first kappa shape index (κ1) is 24.4. The Hall–Kier alpha value is -0.690. The van der Waals surface area contributed by atoms with Gasteiger partial charge in [-0.3, -0.25) is 0 Å². The van der Waals surface area contributed by atoms with E-state index in [-0.39, 0.29) is 64.8 Å². The molecule has 0 saturated heterocycles. The van der Waals surface area contributed by atoms with E-state index in [1.165, 1.54) is 0 Å². The van der Waals surface area contributed by atoms with Crippen molar-refractivity contribution in [3.8, 4) is 0 Å². The van der Waals surface area contributed by atoms with Crippen molar-refractivity contribution in [2.45, 2.75) is 103 Å². The molecule has 3 unspecified atom stereocenters. The van der Waals surface area contributed by atoms with Crippen LogP contribution >= 0.6 is 0 Å². The Morgan fingerprint density at radius 3 is 2.34 bits per heavy atom. The van der Waals surface area contributed by atoms with Crippen LogP contribution in [0.5, 0.6) is 0 Å². The van der Waals surface area contributed by atoms with Gasteiger partial charge in [-0.15, -0.1) is 0 Å². The Kier molecular flexibility index (Phi) is 6.50. The summed E-state index contributed by atoms with van der Waals surface area (Å²) in [5.74, 6) is -0.0587. The highest BCUT2D eigenvalue weighted by molar-refractivity contribution is 5.71. The lowest BCUT2D eigenvalue weighted by atomic mass is 9.41. The van der Waals surface area contributed by atoms with Crippen LogP contribution in [0.3, 0.4) is 0 Å². The fraction of sp³-hybridized carbons (Fsp3) is 0.962. The van der Waals surface area contributed by atoms with Gasteiger partial charge in [-0.1, -0.05) is 34.1 Å². The Balaban J connectivity index is 1.66. The number of carboxylic acid groups (broad SMARTS) is 1. The monoisotopic (exact) mass is 452 g/mol. The summed E-state index contributed by atoms with van der Waals surface area (Å²) in [6.45, 7) is 8.67. The van der Waals surface area contributed by atoms with Gasteiger partial charge in [0.15, 0.2) is 6.10 Å². The van der Waals surface area contributed by atoms with E-state index in [1.807, 2.05) is 6.92 Å². The minimum Gasteiger partial charge on any atom is -0.479 e. The first-order valence-electron chi connectivity index (χ1n) is 12.9. The average Bonchev–Trinajstić information content (AvgIpc) is 3.09. The van der Waals surface area contributed by atoms with E-state index in [9.17, 15) is 30.3 Å². The van der Waals surface area contributed by atoms with Crippen LogP contribution in [0, 0.1) is 52.3 Å². The number of rotatable bonds is 5. The number of hydrogen-bond donors (Lipinski definition) is 5. The summed E-state index contributed by atoms with van der Waals surface area (Å²) < 4.78 is 0. The third kappa shape index (κ3) is 3.47. The zero-order chi connectivity index (χ0) is 23.6. The van der Waals surface area contributed by atoms with E-state index in [1.54, 1.807) is 0 Å². The van der Waals surface area contributed by atoms with E-state index in [0.717, 1.165) is 38.5 Å². The Morgan fingerprint density at radius 2 is 1.72 bits per heavy atom. The smallest absolute Gasteiger partial charge is 0.332 e. The molecule has 0 amide bonds. The summed E-state index contributed by atoms with van der Waals surface area (Å²) in [5.41, 5.74) is -0.356. The largest absolute Gasteiger partial charge is 0.479 e. The van der Waals surface area contributed by atoms with E-state index < -0.39 is 24.3 Å². The second-order valence-corrected chi connectivity index (χ2v) is 12.3. The van der Waals surface area contributed by atoms with Crippen molar-refractivity contribution in [2.75, 3.05) is 0 Å². The van der Waals surface area contributed by atoms with Gasteiger partial charge in [-0.05, 0) is 97.2 Å². The van der Waals surface area contributed by atoms with Gasteiger partial charge >= 0.3 is 5.97 Å². The van der Waals surface area contributed by atoms with Crippen LogP contribution in [0.1, 0.15) is 79.1 Å². The molecule has 4 saturated carbocycles. The topological polar surface area (TPSA) is 118 Å². The molecule has 0 aromatic heterocycles. The molecule has 5 N–H and O–H groups in total. The lowest BCUT2D eigenvalue weighted by molar-refractivity contribution is -0.228. The lowest BCUT2D eigenvalue weighted by Gasteiger charge is -2.65. The maximum atomic E-state index is 11.7. The van der Waals surface area contributed by atoms with Crippen LogP contribution in [0.4, 0.5) is 0 Å². The summed E-state index contributed by atoms with van der Waals surface area (Å²) in [6, 6.07) is 0. The molecule has 0 radical (unpaired) electrons. The maximum absolute atomic E-state index is 11.7. The standard InChI is InChI=1S/C26H44O6/c1-5-15-18-11-14(27)8-9-25(18,3)19-12-21(29)26(4)16(13(2)10-20(28)24(31)32)6-7-17(26)22(19)23(15)30/h13-23,27-30H,5-12H2,1-4H3,(H,31,32)/t13-,14-,15-,16-,17?,18+,19?,20-,21+,22?,23-,25+,26-/m1/s1. The summed E-state index contributed by atoms with van der Waals surface area (Å²) in [5, 5.41) is 52.9. The summed E-state index contributed by atoms with van der Waals surface area (Å²) in [4.78, 5) is 11.2. The minimum atomic E-state index is -1.38. The van der Waals surface area contributed by atoms with Crippen molar-refractivity contribution in [3.63, 3.8) is 0 Å². The van der Waals surface area contributed by atoms with Crippen molar-refractivity contribution in [1.82, 2.24) is 0 Å². The molecule has 184 valence electrons. The number of aliphatic hydroxyl groups excluding tert-OH is 4. The molecular weight excluding hydrogens is 408 g/mol. The molecule has 6 nitrogen and oxygen atoms in total. The number of aliphatic carboxylic acids is 1. The summed E-state index contributed by atoms with van der Waals surface area (Å²) in [7, 11) is 0. The maximum Gasteiger partial charge on any atom is 0.332 e. The van der Waals surface area contributed by atoms with E-state index in [2.05, 4.69) is 20.8 Å². The molecular formula is C26H44O6. The zero-order valence-corrected chi connectivity index (χ0v) is 20.2. The van der Waals surface area contributed by atoms with Gasteiger partial charge in [-0.25, -0.2) is 4.79 Å². The van der Waals surface area contributed by atoms with Crippen molar-refractivity contribution in [1.29, 1.82) is 0 Å². The molecule has 0 spiro atoms. The molecule has 0 aromatic rings. The molecule has 4 aliphatic rings. The Labute approximate surface area is 192 Å². The lowest BCUT2D eigenvalue weighted by Crippen LogP contribution is -2.65. The van der Waals surface area contributed by atoms with E-state index in [4.69, 9.17) is 0 Å². The van der Waals surface area contributed by atoms with E-state index in [0.29, 0.717) is 6.42 Å². The number of carbonyl (C=O) groups is 1. The van der Waals surface area contributed by atoms with Crippen molar-refractivity contribution < 1.29 is 30.3 Å². The fourth-order valence-electron chi connectivity index (χ4n) is 9.51. The highest BCUT2D eigenvalue weighted by atomic mass is 16.4. The van der Waals surface area contributed by atoms with Gasteiger partial charge in [0.05, 0.1) is 18.3 Å². The Morgan fingerprint density at radius 1 is 1.03 bits per heavy atom. The number of fused-ring (bicyclic) bond motifs is 5. The highest BCUT2D eigenvalue weighted by Crippen LogP contribution is 2.69. The molecule has 13 atom stereocenters. The van der Waals surface area contributed by atoms with E-state index >= 15 is 0 Å². The average molecular weight is 453 g/mol. The predicted molar refractivity (Wildman–Crippen MR) is 121 cm³/mol. The number of carboxylic acids is 1. The second-order valence-electron chi connectivity index (χ2n) is 12.3. The Bertz CT molecular complexity index is 712. The molecule has 0 bridgehead atoms. The number of aliphatic hydroxyl groups is 4. The third-order valence-corrected chi connectivity index (χ3v) is 11.1. The van der Waals surface area contributed by atoms with Crippen LogP contribution in [0.15, 0.2) is 0 Å². The quantitative estimate of drug-likeness (QED) is 0.438. The molecule has 0 aliphatic heterocycles. The highest BCUT2D eigenvalue weighted by Gasteiger charge is 2.67. The van der Waals surface area contributed by atoms with Crippen molar-refractivity contribution in [3.05, 3.63) is 0 Å². The van der Waals surface area contributed by atoms with Gasteiger partial charge in [-0.2, -0.15) is 0 Å². The van der Waals surface area contributed by atoms with Gasteiger partial charge in [0.2, 0.25) is 0 Å². The predicted octanol–water partition coefficient (Wildman–Crippen LogP) is 3.06. The summed E-state index contributed by atoms with van der Waals surface area (Å²) >= 11 is 0. The fourth-order valence-corrected chi connectivity index (χ4v) is 9.51. The van der Waals surface area contributed by atoms with Crippen molar-refractivity contribution >= 4 is 5.97 Å². The second kappa shape index (κ2) is 8.51. The molecule has 4 fully saturated rings. The first-order valence-corrected chi connectivity index (χ1v) is 12.9. The zero-order valence-electron chi connectivity index (χ0n) is 20.2. The molecule has 4 rings (SSSR count). The normalized spacial score (nSPS) is 52.4. The van der Waals surface area contributed by atoms with Gasteiger partial charge < -0.3 is 25.5 Å². The molecule has 32 heavy (non-hydrogen) atoms. The molecule has 4 aliphatic carbocycles. The van der Waals surface area contributed by atoms with Gasteiger partial charge in [0, 0.05) is 0 Å². The van der Waals surface area contributed by atoms with Crippen LogP contribution < -0.4 is 0 Å². The third-order valence-electron chi connectivity index (χ3n) is 11.1. The van der Waals surface area contributed by atoms with Crippen LogP contribution in [0.2, 0.25) is 0 Å². The number of hydrogen-bond acceptors (Lipinski definition) is 5. The SMILES string of the molecule is CC[C@H]1[C@@H](O)C2C3CC[C@H]([C@H](C)C[C@@H](O)C(=O)O)[C@@]3(C)[C@@H](O)CC2[C@@]2(C)CC[C@@H](O)C[C@@H]12. The van der Waals surface area contributed by atoms with Crippen molar-refractivity contribution in [2.24, 2.45) is 52.3 Å². The molecule has 0 aromatic carbocycles. The van der Waals surface area contributed by atoms with Crippen LogP contribution in [-0.2, 0) is 4.79 Å². The molecule has 0 heterocycles. The minimum absolute atomic E-state index is 0.0156.